The van der Waals surface area contributed by atoms with E-state index in [9.17, 15) is 5.11 Å². The highest BCUT2D eigenvalue weighted by atomic mass is 32.1. The van der Waals surface area contributed by atoms with Crippen LogP contribution in [-0.4, -0.2) is 53.8 Å². The Morgan fingerprint density at radius 1 is 0.667 bits per heavy atom. The predicted molar refractivity (Wildman–Crippen MR) is 194 cm³/mol. The molecule has 6 rings (SSSR count). The van der Waals surface area contributed by atoms with Crippen LogP contribution in [0, 0.1) is 0 Å². The molecule has 3 aromatic heterocycles. The van der Waals surface area contributed by atoms with E-state index in [1.807, 2.05) is 97.5 Å². The molecule has 5 aromatic rings. The predicted octanol–water partition coefficient (Wildman–Crippen LogP) is 7.58. The number of benzene rings is 2. The molecule has 48 heavy (non-hydrogen) atoms. The molecule has 240 valence electrons. The molecular formula is C39H37N7OS. The van der Waals surface area contributed by atoms with Gasteiger partial charge in [0.2, 0.25) is 0 Å². The highest BCUT2D eigenvalue weighted by Gasteiger charge is 2.20. The van der Waals surface area contributed by atoms with Crippen LogP contribution in [0.1, 0.15) is 34.6 Å². The van der Waals surface area contributed by atoms with Crippen molar-refractivity contribution in [2.24, 2.45) is 9.98 Å². The maximum absolute atomic E-state index is 12.0. The average molecular weight is 652 g/mol. The maximum Gasteiger partial charge on any atom is 0.124 e. The smallest absolute Gasteiger partial charge is 0.124 e. The summed E-state index contributed by atoms with van der Waals surface area (Å²) in [6.45, 7) is 4.23. The molecule has 1 N–H and O–H groups in total. The number of pyridine rings is 3. The van der Waals surface area contributed by atoms with Gasteiger partial charge < -0.3 is 5.11 Å². The molecule has 1 aliphatic rings. The van der Waals surface area contributed by atoms with Gasteiger partial charge >= 0.3 is 0 Å². The molecule has 1 aliphatic heterocycles. The minimum absolute atomic E-state index is 0.278. The largest absolute Gasteiger partial charge is 0.507 e. The fourth-order valence-corrected chi connectivity index (χ4v) is 5.92. The third kappa shape index (κ3) is 9.21. The summed E-state index contributed by atoms with van der Waals surface area (Å²) in [5, 5.41) is 14.4. The van der Waals surface area contributed by atoms with Crippen LogP contribution in [0.3, 0.4) is 0 Å². The number of hydrogen-bond acceptors (Lipinski definition) is 9. The van der Waals surface area contributed by atoms with Crippen molar-refractivity contribution in [2.45, 2.75) is 39.1 Å². The molecule has 4 heterocycles. The van der Waals surface area contributed by atoms with Crippen LogP contribution < -0.4 is 0 Å². The van der Waals surface area contributed by atoms with E-state index >= 15 is 0 Å². The lowest BCUT2D eigenvalue weighted by Crippen LogP contribution is -2.30. The topological polar surface area (TPSA) is 90.1 Å². The Morgan fingerprint density at radius 3 is 1.67 bits per heavy atom. The van der Waals surface area contributed by atoms with Gasteiger partial charge in [0.25, 0.3) is 0 Å². The first kappa shape index (κ1) is 32.7. The van der Waals surface area contributed by atoms with Crippen molar-refractivity contribution in [3.63, 3.8) is 0 Å². The van der Waals surface area contributed by atoms with Gasteiger partial charge in [-0.25, -0.2) is 0 Å². The number of rotatable bonds is 14. The maximum atomic E-state index is 12.0. The van der Waals surface area contributed by atoms with Crippen LogP contribution in [0.15, 0.2) is 132 Å². The van der Waals surface area contributed by atoms with E-state index in [1.54, 1.807) is 0 Å². The van der Waals surface area contributed by atoms with Gasteiger partial charge in [-0.2, -0.15) is 4.99 Å². The van der Waals surface area contributed by atoms with Crippen LogP contribution in [0.5, 0.6) is 5.75 Å². The summed E-state index contributed by atoms with van der Waals surface area (Å²) < 4.78 is 0. The minimum Gasteiger partial charge on any atom is -0.507 e. The Morgan fingerprint density at radius 2 is 1.21 bits per heavy atom. The Kier molecular flexibility index (Phi) is 11.3. The highest BCUT2D eigenvalue weighted by Crippen LogP contribution is 2.34. The first-order valence-corrected chi connectivity index (χ1v) is 16.4. The van der Waals surface area contributed by atoms with E-state index in [4.69, 9.17) is 17.2 Å². The lowest BCUT2D eigenvalue weighted by Gasteiger charge is -2.26. The molecule has 0 atom stereocenters. The molecular weight excluding hydrogens is 615 g/mol. The summed E-state index contributed by atoms with van der Waals surface area (Å²) in [7, 11) is 0. The SMILES string of the molecule is Oc1c(CN(CC2=NCCC=C2)Cc2ccccn2)cc(-c2ccc(N=C=S)cc2)cc1CN(Cc1ccccn1)Cc1ccccn1. The number of phenols is 1. The lowest BCUT2D eigenvalue weighted by atomic mass is 9.97. The summed E-state index contributed by atoms with van der Waals surface area (Å²) >= 11 is 4.81. The molecule has 0 saturated carbocycles. The van der Waals surface area contributed by atoms with Gasteiger partial charge in [0.1, 0.15) is 5.75 Å². The molecule has 8 nitrogen and oxygen atoms in total. The molecule has 0 amide bonds. The summed E-state index contributed by atoms with van der Waals surface area (Å²) in [5.41, 5.74) is 8.28. The Hall–Kier alpha value is -5.18. The Labute approximate surface area is 286 Å². The molecule has 0 fully saturated rings. The third-order valence-corrected chi connectivity index (χ3v) is 8.16. The summed E-state index contributed by atoms with van der Waals surface area (Å²) in [6.07, 6.45) is 10.7. The first-order chi connectivity index (χ1) is 23.6. The number of nitrogens with zero attached hydrogens (tertiary/aromatic N) is 7. The van der Waals surface area contributed by atoms with Crippen LogP contribution >= 0.6 is 12.2 Å². The van der Waals surface area contributed by atoms with Crippen molar-refractivity contribution >= 4 is 28.8 Å². The molecule has 2 aromatic carbocycles. The molecule has 0 unspecified atom stereocenters. The zero-order chi connectivity index (χ0) is 33.0. The van der Waals surface area contributed by atoms with E-state index < -0.39 is 0 Å². The molecule has 9 heteroatoms. The lowest BCUT2D eigenvalue weighted by molar-refractivity contribution is 0.237. The number of aromatic hydroxyl groups is 1. The number of aliphatic imine (C=N–C) groups is 2. The monoisotopic (exact) mass is 651 g/mol. The van der Waals surface area contributed by atoms with Gasteiger partial charge in [-0.15, -0.1) is 0 Å². The fourth-order valence-electron chi connectivity index (χ4n) is 5.81. The summed E-state index contributed by atoms with van der Waals surface area (Å²) in [5.74, 6) is 0.278. The Balaban J connectivity index is 1.38. The van der Waals surface area contributed by atoms with Gasteiger partial charge in [0.15, 0.2) is 0 Å². The third-order valence-electron chi connectivity index (χ3n) is 8.07. The number of thiocarbonyl (C=S) groups is 1. The van der Waals surface area contributed by atoms with E-state index in [1.165, 1.54) is 0 Å². The van der Waals surface area contributed by atoms with E-state index in [2.05, 4.69) is 59.2 Å². The second-order valence-corrected chi connectivity index (χ2v) is 11.9. The van der Waals surface area contributed by atoms with Crippen molar-refractivity contribution in [1.29, 1.82) is 0 Å². The number of dihydropyridines is 1. The van der Waals surface area contributed by atoms with Crippen LogP contribution in [0.2, 0.25) is 0 Å². The van der Waals surface area contributed by atoms with Crippen molar-refractivity contribution in [3.05, 3.63) is 150 Å². The molecule has 0 bridgehead atoms. The van der Waals surface area contributed by atoms with Crippen molar-refractivity contribution in [2.75, 3.05) is 13.1 Å². The van der Waals surface area contributed by atoms with Gasteiger partial charge in [-0.3, -0.25) is 29.7 Å². The number of phenolic OH excluding ortho intramolecular Hbond substituents is 1. The normalized spacial score (nSPS) is 12.6. The standard InChI is InChI=1S/C39H37N7OS/c47-39-32(23-45(25-35-9-1-5-17-40-35)26-36-10-2-6-18-41-36)21-31(30-13-15-34(16-14-30)44-29-48)22-33(39)24-46(27-37-11-3-7-19-42-37)28-38-12-4-8-20-43-38/h1-7,9-19,21-22,47H,8,20,23-28H2. The second kappa shape index (κ2) is 16.6. The number of aromatic nitrogens is 3. The molecule has 0 spiro atoms. The van der Waals surface area contributed by atoms with Crippen LogP contribution in [0.4, 0.5) is 5.69 Å². The first-order valence-electron chi connectivity index (χ1n) is 16.0. The zero-order valence-electron chi connectivity index (χ0n) is 26.7. The Bertz CT molecular complexity index is 1850. The van der Waals surface area contributed by atoms with Gasteiger partial charge in [-0.05, 0) is 96.5 Å². The molecule has 0 radical (unpaired) electrons. The highest BCUT2D eigenvalue weighted by molar-refractivity contribution is 7.78. The quantitative estimate of drug-likeness (QED) is 0.0978. The number of isothiocyanates is 1. The molecule has 0 saturated heterocycles. The number of hydrogen-bond donors (Lipinski definition) is 1. The van der Waals surface area contributed by atoms with Crippen molar-refractivity contribution in [3.8, 4) is 16.9 Å². The van der Waals surface area contributed by atoms with Gasteiger partial charge in [-0.1, -0.05) is 36.4 Å². The molecule has 0 aliphatic carbocycles. The summed E-state index contributed by atoms with van der Waals surface area (Å²) in [6, 6.07) is 29.9. The van der Waals surface area contributed by atoms with E-state index in [0.717, 1.165) is 63.7 Å². The van der Waals surface area contributed by atoms with Crippen LogP contribution in [-0.2, 0) is 32.7 Å². The van der Waals surface area contributed by atoms with E-state index in [-0.39, 0.29) is 5.75 Å². The van der Waals surface area contributed by atoms with Gasteiger partial charge in [0.05, 0.1) is 27.9 Å². The van der Waals surface area contributed by atoms with Crippen molar-refractivity contribution < 1.29 is 5.11 Å². The van der Waals surface area contributed by atoms with Crippen LogP contribution in [0.25, 0.3) is 11.1 Å². The second-order valence-electron chi connectivity index (χ2n) is 11.7. The zero-order valence-corrected chi connectivity index (χ0v) is 27.5. The minimum atomic E-state index is 0.278. The van der Waals surface area contributed by atoms with Gasteiger partial charge in [0, 0.05) is 81.2 Å². The van der Waals surface area contributed by atoms with Crippen molar-refractivity contribution in [1.82, 2.24) is 24.8 Å². The summed E-state index contributed by atoms with van der Waals surface area (Å²) in [4.78, 5) is 27.2. The van der Waals surface area contributed by atoms with E-state index in [0.29, 0.717) is 39.3 Å². The average Bonchev–Trinajstić information content (AvgIpc) is 3.12. The fraction of sp³-hybridized carbons (Fsp3) is 0.205.